The zero-order valence-corrected chi connectivity index (χ0v) is 11.2. The van der Waals surface area contributed by atoms with Crippen molar-refractivity contribution in [1.82, 2.24) is 0 Å². The molecule has 0 heterocycles. The van der Waals surface area contributed by atoms with Crippen molar-refractivity contribution in [3.63, 3.8) is 0 Å². The van der Waals surface area contributed by atoms with Crippen LogP contribution in [0.15, 0.2) is 24.3 Å². The molecule has 8 heteroatoms. The number of benzene rings is 2. The first-order valence-corrected chi connectivity index (χ1v) is 5.86. The van der Waals surface area contributed by atoms with Crippen LogP contribution in [-0.4, -0.2) is 0 Å². The van der Waals surface area contributed by atoms with Gasteiger partial charge >= 0.3 is 0 Å². The summed E-state index contributed by atoms with van der Waals surface area (Å²) < 4.78 is 50.5. The summed E-state index contributed by atoms with van der Waals surface area (Å²) in [6.45, 7) is 6.40. The van der Waals surface area contributed by atoms with Gasteiger partial charge in [-0.25, -0.2) is 22.4 Å². The molecule has 0 aromatic heterocycles. The fraction of sp³-hybridized carbons (Fsp3) is 0.0714. The Bertz CT molecular complexity index is 726. The van der Waals surface area contributed by atoms with Crippen molar-refractivity contribution in [3.8, 4) is 0 Å². The first-order chi connectivity index (χ1) is 10.3. The largest absolute Gasteiger partial charge is 0.396 e. The Morgan fingerprint density at radius 3 is 1.82 bits per heavy atom. The molecule has 116 valence electrons. The van der Waals surface area contributed by atoms with Gasteiger partial charge in [-0.1, -0.05) is 12.1 Å². The average molecular weight is 312 g/mol. The standard InChI is InChI=1S/C7H4F2N2.C7H8F2N2/c1-11-5-3-2-4(10)6(8)7(5)9;8-6-4(3-10)1-2-5(11)7(6)9/h2-3H,10H2;1-2H,3,10-11H2. The van der Waals surface area contributed by atoms with Crippen LogP contribution in [0.5, 0.6) is 0 Å². The van der Waals surface area contributed by atoms with Gasteiger partial charge in [0.05, 0.1) is 17.9 Å². The van der Waals surface area contributed by atoms with Gasteiger partial charge in [0.25, 0.3) is 0 Å². The number of nitrogen functional groups attached to an aromatic ring is 2. The summed E-state index contributed by atoms with van der Waals surface area (Å²) in [5.41, 5.74) is 14.5. The van der Waals surface area contributed by atoms with Gasteiger partial charge in [-0.3, -0.25) is 0 Å². The molecule has 0 spiro atoms. The second-order valence-electron chi connectivity index (χ2n) is 4.06. The maximum absolute atomic E-state index is 12.7. The third kappa shape index (κ3) is 3.65. The van der Waals surface area contributed by atoms with E-state index >= 15 is 0 Å². The molecule has 0 aliphatic rings. The lowest BCUT2D eigenvalue weighted by molar-refractivity contribution is 0.502. The van der Waals surface area contributed by atoms with Crippen molar-refractivity contribution >= 4 is 17.1 Å². The highest BCUT2D eigenvalue weighted by molar-refractivity contribution is 5.54. The van der Waals surface area contributed by atoms with E-state index in [0.717, 1.165) is 12.1 Å². The fourth-order valence-electron chi connectivity index (χ4n) is 1.40. The minimum absolute atomic E-state index is 0.0248. The molecule has 2 aromatic carbocycles. The molecule has 0 fully saturated rings. The summed E-state index contributed by atoms with van der Waals surface area (Å²) in [6.07, 6.45) is 0. The van der Waals surface area contributed by atoms with E-state index in [1.807, 2.05) is 0 Å². The number of hydrogen-bond donors (Lipinski definition) is 3. The molecule has 0 unspecified atom stereocenters. The number of nitrogens with zero attached hydrogens (tertiary/aromatic N) is 1. The summed E-state index contributed by atoms with van der Waals surface area (Å²) in [6, 6.07) is 4.96. The Morgan fingerprint density at radius 2 is 1.32 bits per heavy atom. The Kier molecular flexibility index (Phi) is 5.72. The maximum atomic E-state index is 12.7. The van der Waals surface area contributed by atoms with E-state index < -0.39 is 23.3 Å². The SMILES string of the molecule is NCc1ccc(N)c(F)c1F.[C-]#[N+]c1ccc(N)c(F)c1F. The van der Waals surface area contributed by atoms with E-state index in [0.29, 0.717) is 0 Å². The number of rotatable bonds is 1. The highest BCUT2D eigenvalue weighted by Gasteiger charge is 2.10. The van der Waals surface area contributed by atoms with Gasteiger partial charge in [0.1, 0.15) is 0 Å². The van der Waals surface area contributed by atoms with Gasteiger partial charge in [0.2, 0.25) is 5.69 Å². The maximum Gasteiger partial charge on any atom is 0.225 e. The lowest BCUT2D eigenvalue weighted by Crippen LogP contribution is -2.03. The first kappa shape index (κ1) is 17.3. The van der Waals surface area contributed by atoms with Gasteiger partial charge in [-0.2, -0.15) is 0 Å². The topological polar surface area (TPSA) is 82.4 Å². The Labute approximate surface area is 124 Å². The molecule has 4 nitrogen and oxygen atoms in total. The minimum Gasteiger partial charge on any atom is -0.396 e. The third-order valence-corrected chi connectivity index (χ3v) is 2.62. The van der Waals surface area contributed by atoms with Crippen LogP contribution in [0.25, 0.3) is 4.85 Å². The fourth-order valence-corrected chi connectivity index (χ4v) is 1.40. The Balaban J connectivity index is 0.000000220. The summed E-state index contributed by atoms with van der Waals surface area (Å²) >= 11 is 0. The molecule has 0 atom stereocenters. The number of anilines is 2. The molecule has 22 heavy (non-hydrogen) atoms. The third-order valence-electron chi connectivity index (χ3n) is 2.62. The van der Waals surface area contributed by atoms with E-state index in [-0.39, 0.29) is 29.2 Å². The summed E-state index contributed by atoms with van der Waals surface area (Å²) in [5.74, 6) is -4.31. The lowest BCUT2D eigenvalue weighted by Gasteiger charge is -2.01. The quantitative estimate of drug-likeness (QED) is 0.430. The molecule has 0 aliphatic carbocycles. The van der Waals surface area contributed by atoms with E-state index in [2.05, 4.69) is 4.85 Å². The predicted octanol–water partition coefficient (Wildman–Crippen LogP) is 3.10. The normalized spacial score (nSPS) is 9.64. The van der Waals surface area contributed by atoms with Crippen molar-refractivity contribution in [3.05, 3.63) is 64.5 Å². The second kappa shape index (κ2) is 7.28. The monoisotopic (exact) mass is 312 g/mol. The van der Waals surface area contributed by atoms with Crippen LogP contribution in [0.2, 0.25) is 0 Å². The Hall–Kier alpha value is -2.79. The predicted molar refractivity (Wildman–Crippen MR) is 75.7 cm³/mol. The van der Waals surface area contributed by atoms with Gasteiger partial charge in [0, 0.05) is 12.1 Å². The highest BCUT2D eigenvalue weighted by Crippen LogP contribution is 2.23. The van der Waals surface area contributed by atoms with E-state index in [4.69, 9.17) is 23.8 Å². The first-order valence-electron chi connectivity index (χ1n) is 5.86. The molecule has 0 bridgehead atoms. The van der Waals surface area contributed by atoms with Crippen molar-refractivity contribution in [2.24, 2.45) is 5.73 Å². The second-order valence-corrected chi connectivity index (χ2v) is 4.06. The summed E-state index contributed by atoms with van der Waals surface area (Å²) in [5, 5.41) is 0. The molecule has 6 N–H and O–H groups in total. The smallest absolute Gasteiger partial charge is 0.225 e. The van der Waals surface area contributed by atoms with Crippen LogP contribution in [0.3, 0.4) is 0 Å². The zero-order chi connectivity index (χ0) is 16.9. The van der Waals surface area contributed by atoms with Crippen LogP contribution >= 0.6 is 0 Å². The lowest BCUT2D eigenvalue weighted by atomic mass is 10.2. The molecule has 0 saturated heterocycles. The molecule has 2 rings (SSSR count). The molecular weight excluding hydrogens is 300 g/mol. The van der Waals surface area contributed by atoms with Gasteiger partial charge < -0.3 is 17.2 Å². The zero-order valence-electron chi connectivity index (χ0n) is 11.2. The van der Waals surface area contributed by atoms with Crippen LogP contribution in [0.1, 0.15) is 5.56 Å². The van der Waals surface area contributed by atoms with Crippen molar-refractivity contribution in [2.75, 3.05) is 11.5 Å². The van der Waals surface area contributed by atoms with Crippen LogP contribution in [0, 0.1) is 29.8 Å². The van der Waals surface area contributed by atoms with Crippen LogP contribution in [-0.2, 0) is 6.54 Å². The van der Waals surface area contributed by atoms with Crippen molar-refractivity contribution in [2.45, 2.75) is 6.54 Å². The van der Waals surface area contributed by atoms with E-state index in [1.54, 1.807) is 0 Å². The summed E-state index contributed by atoms with van der Waals surface area (Å²) in [4.78, 5) is 2.75. The van der Waals surface area contributed by atoms with Gasteiger partial charge in [-0.05, 0) is 12.1 Å². The molecule has 0 aliphatic heterocycles. The number of hydrogen-bond acceptors (Lipinski definition) is 3. The minimum atomic E-state index is -1.18. The van der Waals surface area contributed by atoms with Crippen molar-refractivity contribution in [1.29, 1.82) is 0 Å². The van der Waals surface area contributed by atoms with Gasteiger partial charge in [0.15, 0.2) is 23.3 Å². The van der Waals surface area contributed by atoms with Crippen LogP contribution in [0.4, 0.5) is 34.6 Å². The molecule has 0 saturated carbocycles. The summed E-state index contributed by atoms with van der Waals surface area (Å²) in [7, 11) is 0. The molecule has 0 radical (unpaired) electrons. The molecule has 0 amide bonds. The number of nitrogens with two attached hydrogens (primary N) is 3. The average Bonchev–Trinajstić information content (AvgIpc) is 2.51. The number of halogens is 4. The highest BCUT2D eigenvalue weighted by atomic mass is 19.2. The van der Waals surface area contributed by atoms with E-state index in [1.165, 1.54) is 12.1 Å². The van der Waals surface area contributed by atoms with Crippen LogP contribution < -0.4 is 17.2 Å². The van der Waals surface area contributed by atoms with E-state index in [9.17, 15) is 17.6 Å². The van der Waals surface area contributed by atoms with Gasteiger partial charge in [-0.15, -0.1) is 0 Å². The Morgan fingerprint density at radius 1 is 0.818 bits per heavy atom. The molecule has 2 aromatic rings. The van der Waals surface area contributed by atoms with Crippen molar-refractivity contribution < 1.29 is 17.6 Å². The molecular formula is C14H12F4N4.